The number of pyridine rings is 1. The highest BCUT2D eigenvalue weighted by molar-refractivity contribution is 6.04. The minimum Gasteiger partial charge on any atom is -0.486 e. The summed E-state index contributed by atoms with van der Waals surface area (Å²) in [5, 5.41) is 13.8. The van der Waals surface area contributed by atoms with E-state index in [-0.39, 0.29) is 17.9 Å². The highest BCUT2D eigenvalue weighted by Gasteiger charge is 2.56. The minimum absolute atomic E-state index is 0.0918. The van der Waals surface area contributed by atoms with Gasteiger partial charge in [0, 0.05) is 17.0 Å². The van der Waals surface area contributed by atoms with E-state index in [1.807, 2.05) is 6.07 Å². The van der Waals surface area contributed by atoms with Gasteiger partial charge in [0.15, 0.2) is 5.75 Å². The summed E-state index contributed by atoms with van der Waals surface area (Å²) in [5.74, 6) is 0.122. The smallest absolute Gasteiger partial charge is 0.416 e. The highest BCUT2D eigenvalue weighted by atomic mass is 19.4. The molecule has 0 radical (unpaired) electrons. The standard InChI is InChI=1S/C30H29F3N2O4/c31-30(32,33)22-6-3-17(4-7-22)16-39-25-23(8-5-21-2-1-9-34-24(21)25)27(36)35-26(28(37)38)29-13-18-10-19(14-29)12-20(11-18)15-29/h1-9,18-20,26H,10-16H2,(H,35,36)(H,37,38)/t18-,19+,20?,26-,29?/m1/s1. The molecule has 4 bridgehead atoms. The second-order valence-corrected chi connectivity index (χ2v) is 11.5. The third-order valence-corrected chi connectivity index (χ3v) is 8.86. The lowest BCUT2D eigenvalue weighted by molar-refractivity contribution is -0.150. The number of carboxylic acids is 1. The molecule has 9 heteroatoms. The Morgan fingerprint density at radius 1 is 1.00 bits per heavy atom. The van der Waals surface area contributed by atoms with E-state index < -0.39 is 35.1 Å². The van der Waals surface area contributed by atoms with Crippen LogP contribution in [-0.4, -0.2) is 28.0 Å². The van der Waals surface area contributed by atoms with Gasteiger partial charge < -0.3 is 15.2 Å². The number of nitrogens with zero attached hydrogens (tertiary/aromatic N) is 1. The van der Waals surface area contributed by atoms with Crippen molar-refractivity contribution >= 4 is 22.8 Å². The Bertz CT molecular complexity index is 1380. The largest absolute Gasteiger partial charge is 0.486 e. The van der Waals surface area contributed by atoms with E-state index in [0.717, 1.165) is 50.7 Å². The molecule has 6 nitrogen and oxygen atoms in total. The monoisotopic (exact) mass is 538 g/mol. The molecule has 2 aromatic carbocycles. The number of carbonyl (C=O) groups is 2. The molecule has 7 rings (SSSR count). The van der Waals surface area contributed by atoms with Crippen molar-refractivity contribution in [3.8, 4) is 5.75 Å². The average molecular weight is 539 g/mol. The number of hydrogen-bond acceptors (Lipinski definition) is 4. The van der Waals surface area contributed by atoms with E-state index in [1.165, 1.54) is 12.1 Å². The summed E-state index contributed by atoms with van der Waals surface area (Å²) in [6.07, 6.45) is 3.01. The van der Waals surface area contributed by atoms with Gasteiger partial charge in [-0.15, -0.1) is 0 Å². The van der Waals surface area contributed by atoms with Gasteiger partial charge >= 0.3 is 12.1 Å². The van der Waals surface area contributed by atoms with Gasteiger partial charge in [-0.1, -0.05) is 24.3 Å². The van der Waals surface area contributed by atoms with Gasteiger partial charge in [-0.2, -0.15) is 13.2 Å². The molecule has 1 amide bonds. The van der Waals surface area contributed by atoms with Crippen molar-refractivity contribution in [2.75, 3.05) is 0 Å². The first-order valence-electron chi connectivity index (χ1n) is 13.3. The molecular formula is C30H29F3N2O4. The van der Waals surface area contributed by atoms with Crippen LogP contribution in [0, 0.1) is 23.2 Å². The number of aromatic nitrogens is 1. The molecule has 1 atom stereocenters. The van der Waals surface area contributed by atoms with Crippen LogP contribution < -0.4 is 10.1 Å². The van der Waals surface area contributed by atoms with E-state index >= 15 is 0 Å². The lowest BCUT2D eigenvalue weighted by atomic mass is 9.47. The summed E-state index contributed by atoms with van der Waals surface area (Å²) in [5.41, 5.74) is -0.170. The normalized spacial score (nSPS) is 26.4. The lowest BCUT2D eigenvalue weighted by Gasteiger charge is -2.58. The molecule has 0 spiro atoms. The number of carbonyl (C=O) groups excluding carboxylic acids is 1. The van der Waals surface area contributed by atoms with Gasteiger partial charge in [-0.3, -0.25) is 9.78 Å². The topological polar surface area (TPSA) is 88.5 Å². The molecule has 4 aliphatic rings. The van der Waals surface area contributed by atoms with Gasteiger partial charge in [0.25, 0.3) is 5.91 Å². The molecular weight excluding hydrogens is 509 g/mol. The van der Waals surface area contributed by atoms with Crippen LogP contribution in [0.15, 0.2) is 54.7 Å². The first-order valence-corrected chi connectivity index (χ1v) is 13.3. The number of nitrogens with one attached hydrogen (secondary N) is 1. The van der Waals surface area contributed by atoms with Crippen LogP contribution in [0.25, 0.3) is 10.9 Å². The Balaban J connectivity index is 1.28. The Labute approximate surface area is 223 Å². The van der Waals surface area contributed by atoms with Gasteiger partial charge in [0.05, 0.1) is 11.1 Å². The first kappa shape index (κ1) is 25.6. The number of fused-ring (bicyclic) bond motifs is 1. The molecule has 1 heterocycles. The SMILES string of the molecule is O=C(N[C@H](C(=O)O)C12CC3C[C@H](C1)C[C@@H](C3)C2)c1ccc2cccnc2c1OCc1ccc(C(F)(F)F)cc1. The summed E-state index contributed by atoms with van der Waals surface area (Å²) in [4.78, 5) is 30.6. The summed E-state index contributed by atoms with van der Waals surface area (Å²) in [6, 6.07) is 10.5. The second kappa shape index (κ2) is 9.54. The zero-order valence-electron chi connectivity index (χ0n) is 21.2. The number of ether oxygens (including phenoxy) is 1. The van der Waals surface area contributed by atoms with E-state index in [4.69, 9.17) is 4.74 Å². The van der Waals surface area contributed by atoms with Crippen LogP contribution in [0.1, 0.15) is 60.0 Å². The fourth-order valence-corrected chi connectivity index (χ4v) is 7.61. The Kier molecular flexibility index (Phi) is 6.27. The predicted octanol–water partition coefficient (Wildman–Crippen LogP) is 6.23. The average Bonchev–Trinajstić information content (AvgIpc) is 2.89. The summed E-state index contributed by atoms with van der Waals surface area (Å²) < 4.78 is 44.9. The van der Waals surface area contributed by atoms with Crippen molar-refractivity contribution < 1.29 is 32.6 Å². The molecule has 204 valence electrons. The summed E-state index contributed by atoms with van der Waals surface area (Å²) in [7, 11) is 0. The third kappa shape index (κ3) is 4.83. The maximum absolute atomic E-state index is 13.7. The van der Waals surface area contributed by atoms with Crippen molar-refractivity contribution in [2.24, 2.45) is 23.2 Å². The van der Waals surface area contributed by atoms with Gasteiger partial charge in [-0.05, 0) is 86.1 Å². The fraction of sp³-hybridized carbons (Fsp3) is 0.433. The van der Waals surface area contributed by atoms with Gasteiger partial charge in [-0.25, -0.2) is 4.79 Å². The Morgan fingerprint density at radius 3 is 2.23 bits per heavy atom. The Morgan fingerprint density at radius 2 is 1.64 bits per heavy atom. The Hall–Kier alpha value is -3.62. The predicted molar refractivity (Wildman–Crippen MR) is 137 cm³/mol. The lowest BCUT2D eigenvalue weighted by Crippen LogP contribution is -2.59. The number of hydrogen-bond donors (Lipinski definition) is 2. The maximum Gasteiger partial charge on any atom is 0.416 e. The van der Waals surface area contributed by atoms with Crippen molar-refractivity contribution in [3.05, 3.63) is 71.4 Å². The van der Waals surface area contributed by atoms with Crippen LogP contribution in [0.5, 0.6) is 5.75 Å². The fourth-order valence-electron chi connectivity index (χ4n) is 7.61. The second-order valence-electron chi connectivity index (χ2n) is 11.5. The third-order valence-electron chi connectivity index (χ3n) is 8.86. The van der Waals surface area contributed by atoms with Crippen molar-refractivity contribution in [1.29, 1.82) is 0 Å². The number of benzene rings is 2. The minimum atomic E-state index is -4.44. The van der Waals surface area contributed by atoms with Gasteiger partial charge in [0.1, 0.15) is 18.2 Å². The van der Waals surface area contributed by atoms with Crippen molar-refractivity contribution in [3.63, 3.8) is 0 Å². The molecule has 2 N–H and O–H groups in total. The van der Waals surface area contributed by atoms with Crippen LogP contribution in [0.2, 0.25) is 0 Å². The summed E-state index contributed by atoms with van der Waals surface area (Å²) >= 11 is 0. The van der Waals surface area contributed by atoms with E-state index in [2.05, 4.69) is 10.3 Å². The molecule has 3 aromatic rings. The van der Waals surface area contributed by atoms with Crippen LogP contribution in [0.3, 0.4) is 0 Å². The number of aliphatic carboxylic acids is 1. The quantitative estimate of drug-likeness (QED) is 0.372. The number of carboxylic acid groups (broad SMARTS) is 1. The molecule has 4 saturated carbocycles. The van der Waals surface area contributed by atoms with Crippen molar-refractivity contribution in [2.45, 2.75) is 57.3 Å². The van der Waals surface area contributed by atoms with E-state index in [0.29, 0.717) is 34.2 Å². The molecule has 4 aliphatic carbocycles. The maximum atomic E-state index is 13.7. The zero-order chi connectivity index (χ0) is 27.4. The molecule has 0 aliphatic heterocycles. The van der Waals surface area contributed by atoms with Crippen LogP contribution in [-0.2, 0) is 17.6 Å². The molecule has 39 heavy (non-hydrogen) atoms. The van der Waals surface area contributed by atoms with E-state index in [1.54, 1.807) is 24.4 Å². The zero-order valence-corrected chi connectivity index (χ0v) is 21.2. The van der Waals surface area contributed by atoms with Crippen LogP contribution in [0.4, 0.5) is 13.2 Å². The molecule has 0 saturated heterocycles. The number of alkyl halides is 3. The van der Waals surface area contributed by atoms with Gasteiger partial charge in [0.2, 0.25) is 0 Å². The first-order chi connectivity index (χ1) is 18.6. The summed E-state index contributed by atoms with van der Waals surface area (Å²) in [6.45, 7) is -0.0918. The molecule has 4 fully saturated rings. The number of rotatable bonds is 7. The number of amides is 1. The number of halogens is 3. The molecule has 0 unspecified atom stereocenters. The molecule has 1 aromatic heterocycles. The van der Waals surface area contributed by atoms with Crippen molar-refractivity contribution in [1.82, 2.24) is 10.3 Å². The highest BCUT2D eigenvalue weighted by Crippen LogP contribution is 2.61. The van der Waals surface area contributed by atoms with E-state index in [9.17, 15) is 27.9 Å². The van der Waals surface area contributed by atoms with Crippen LogP contribution >= 0.6 is 0 Å².